The molecule has 17 nitrogen and oxygen atoms in total. The van der Waals surface area contributed by atoms with Gasteiger partial charge in [-0.1, -0.05) is 70.7 Å². The summed E-state index contributed by atoms with van der Waals surface area (Å²) in [7, 11) is 0. The Balaban J connectivity index is 0.748. The fourth-order valence-corrected chi connectivity index (χ4v) is 11.1. The number of aliphatic hydroxyl groups excluding tert-OH is 1. The molecule has 0 unspecified atom stereocenters. The molecule has 1 aromatic carbocycles. The van der Waals surface area contributed by atoms with E-state index < -0.39 is 23.6 Å². The van der Waals surface area contributed by atoms with Crippen LogP contribution in [0.5, 0.6) is 0 Å². The van der Waals surface area contributed by atoms with Crippen LogP contribution in [0.4, 0.5) is 17.5 Å². The Kier molecular flexibility index (Phi) is 16.3. The summed E-state index contributed by atoms with van der Waals surface area (Å²) in [4.78, 5) is 92.6. The molecule has 0 radical (unpaired) electrons. The van der Waals surface area contributed by atoms with Gasteiger partial charge in [0.05, 0.1) is 39.6 Å². The minimum Gasteiger partial charge on any atom is -0.391 e. The smallest absolute Gasteiger partial charge is 0.263 e. The van der Waals surface area contributed by atoms with Crippen molar-refractivity contribution >= 4 is 63.3 Å². The number of aryl methyl sites for hydroxylation is 2. The van der Waals surface area contributed by atoms with E-state index in [1.807, 2.05) is 75.8 Å². The highest BCUT2D eigenvalue weighted by molar-refractivity contribution is 7.13. The Labute approximate surface area is 419 Å². The van der Waals surface area contributed by atoms with Crippen molar-refractivity contribution < 1.29 is 24.3 Å². The molecule has 1 saturated carbocycles. The summed E-state index contributed by atoms with van der Waals surface area (Å²) in [6.45, 7) is 15.8. The second-order valence-electron chi connectivity index (χ2n) is 20.6. The molecule has 3 fully saturated rings. The Morgan fingerprint density at radius 3 is 2.30 bits per heavy atom. The number of β-amino-alcohol motifs (C(OH)–C–C–N with tert-alkyl or cyclic N) is 1. The van der Waals surface area contributed by atoms with E-state index in [1.54, 1.807) is 29.0 Å². The van der Waals surface area contributed by atoms with E-state index >= 15 is 0 Å². The predicted molar refractivity (Wildman–Crippen MR) is 277 cm³/mol. The fourth-order valence-electron chi connectivity index (χ4n) is 10.3. The van der Waals surface area contributed by atoms with Gasteiger partial charge in [-0.2, -0.15) is 4.98 Å². The third-order valence-corrected chi connectivity index (χ3v) is 15.3. The number of Topliss-reactive ketones (excluding diaryl/α,β-unsaturated/α-hetero) is 1. The average molecular weight is 988 g/mol. The number of benzene rings is 1. The van der Waals surface area contributed by atoms with Gasteiger partial charge < -0.3 is 30.9 Å². The minimum absolute atomic E-state index is 0.00170. The fraction of sp³-hybridized carbons (Fsp3) is 0.528. The number of piperazine rings is 1. The number of rotatable bonds is 18. The Morgan fingerprint density at radius 2 is 1.63 bits per heavy atom. The van der Waals surface area contributed by atoms with Crippen molar-refractivity contribution in [3.05, 3.63) is 87.0 Å². The van der Waals surface area contributed by atoms with Gasteiger partial charge in [0.2, 0.25) is 23.7 Å². The lowest BCUT2D eigenvalue weighted by molar-refractivity contribution is -0.144. The number of carbonyl (C=O) groups is 4. The van der Waals surface area contributed by atoms with Gasteiger partial charge in [-0.15, -0.1) is 11.3 Å². The monoisotopic (exact) mass is 988 g/mol. The lowest BCUT2D eigenvalue weighted by atomic mass is 9.85. The standard InChI is InChI=1S/C53H69N11O6S/c1-33-41-30-56-52(60-48(41)64(38-13-10-11-14-38)50(69)45(33)35(3)65)58-43-21-20-39(29-54-43)62-25-23-61(24-26-62)22-12-8-7-9-15-44(67)59-47(53(4,5)6)51(70)63-31-40(66)27-42(63)49(68)55-28-36-16-18-37(19-17-36)46-34(2)57-32-71-46/h16-21,29-30,32,38,40,42,47,66H,7-15,22-28,31H2,1-6H3,(H,55,68)(H,59,67)(H,54,56,58,60)/t40-,42+,47-/m1/s1. The number of fused-ring (bicyclic) bond motifs is 1. The molecule has 3 atom stereocenters. The second kappa shape index (κ2) is 22.5. The van der Waals surface area contributed by atoms with Gasteiger partial charge in [0.15, 0.2) is 5.78 Å². The van der Waals surface area contributed by atoms with Gasteiger partial charge in [-0.05, 0) is 87.2 Å². The summed E-state index contributed by atoms with van der Waals surface area (Å²) in [5.41, 5.74) is 6.27. The summed E-state index contributed by atoms with van der Waals surface area (Å²) in [5, 5.41) is 20.5. The van der Waals surface area contributed by atoms with Gasteiger partial charge in [0.25, 0.3) is 5.56 Å². The van der Waals surface area contributed by atoms with Crippen LogP contribution in [0, 0.1) is 19.3 Å². The van der Waals surface area contributed by atoms with E-state index in [-0.39, 0.29) is 60.2 Å². The summed E-state index contributed by atoms with van der Waals surface area (Å²) in [6.07, 6.45) is 10.6. The quantitative estimate of drug-likeness (QED) is 0.0523. The van der Waals surface area contributed by atoms with E-state index in [0.29, 0.717) is 41.2 Å². The molecule has 1 aliphatic carbocycles. The SMILES string of the molecule is CC(=O)c1c(C)c2cnc(Nc3ccc(N4CCN(CCCCCCC(=O)N[C@H](C(=O)N5C[C@H](O)C[C@H]5C(=O)NCc5ccc(-c6scnc6C)cc5)C(C)(C)C)CC4)cn3)nc2n(C2CCCC2)c1=O. The summed E-state index contributed by atoms with van der Waals surface area (Å²) < 4.78 is 1.71. The number of likely N-dealkylation sites (tertiary alicyclic amines) is 1. The lowest BCUT2D eigenvalue weighted by Crippen LogP contribution is -2.57. The number of ketones is 1. The van der Waals surface area contributed by atoms with Crippen molar-refractivity contribution in [3.63, 3.8) is 0 Å². The molecule has 5 aromatic rings. The number of amides is 3. The maximum Gasteiger partial charge on any atom is 0.263 e. The molecule has 4 N–H and O–H groups in total. The maximum absolute atomic E-state index is 14.1. The number of carbonyl (C=O) groups excluding carboxylic acids is 4. The van der Waals surface area contributed by atoms with Crippen LogP contribution < -0.4 is 26.4 Å². The Morgan fingerprint density at radius 1 is 0.901 bits per heavy atom. The first-order chi connectivity index (χ1) is 34.0. The number of hydrogen-bond acceptors (Lipinski definition) is 14. The zero-order valence-corrected chi connectivity index (χ0v) is 42.8. The van der Waals surface area contributed by atoms with Crippen molar-refractivity contribution in [2.45, 2.75) is 137 Å². The normalized spacial score (nSPS) is 18.2. The molecule has 4 aromatic heterocycles. The topological polar surface area (TPSA) is 208 Å². The molecule has 71 heavy (non-hydrogen) atoms. The molecule has 6 heterocycles. The van der Waals surface area contributed by atoms with E-state index in [2.05, 4.69) is 40.7 Å². The second-order valence-corrected chi connectivity index (χ2v) is 21.4. The van der Waals surface area contributed by atoms with Crippen LogP contribution in [0.3, 0.4) is 0 Å². The molecule has 378 valence electrons. The highest BCUT2D eigenvalue weighted by atomic mass is 32.1. The van der Waals surface area contributed by atoms with Crippen molar-refractivity contribution in [2.24, 2.45) is 5.41 Å². The average Bonchev–Trinajstić information content (AvgIpc) is 4.13. The third kappa shape index (κ3) is 12.2. The van der Waals surface area contributed by atoms with Gasteiger partial charge in [0, 0.05) is 69.7 Å². The number of nitrogens with one attached hydrogen (secondary N) is 3. The molecule has 3 aliphatic rings. The number of unbranched alkanes of at least 4 members (excludes halogenated alkanes) is 3. The highest BCUT2D eigenvalue weighted by Crippen LogP contribution is 2.33. The first kappa shape index (κ1) is 51.3. The number of nitrogens with zero attached hydrogens (tertiary/aromatic N) is 8. The summed E-state index contributed by atoms with van der Waals surface area (Å²) >= 11 is 1.58. The van der Waals surface area contributed by atoms with Crippen molar-refractivity contribution in [1.29, 1.82) is 0 Å². The molecule has 2 saturated heterocycles. The van der Waals surface area contributed by atoms with Gasteiger partial charge >= 0.3 is 0 Å². The zero-order chi connectivity index (χ0) is 50.4. The zero-order valence-electron chi connectivity index (χ0n) is 42.0. The molecule has 0 spiro atoms. The van der Waals surface area contributed by atoms with Crippen LogP contribution in [-0.4, -0.2) is 120 Å². The van der Waals surface area contributed by atoms with Crippen LogP contribution in [0.15, 0.2) is 59.1 Å². The van der Waals surface area contributed by atoms with Crippen molar-refractivity contribution in [1.82, 2.24) is 44.9 Å². The van der Waals surface area contributed by atoms with Gasteiger partial charge in [-0.25, -0.2) is 15.0 Å². The molecular weight excluding hydrogens is 919 g/mol. The molecule has 2 aliphatic heterocycles. The number of thiazole rings is 1. The number of anilines is 3. The largest absolute Gasteiger partial charge is 0.391 e. The first-order valence-electron chi connectivity index (χ1n) is 25.2. The molecule has 8 rings (SSSR count). The third-order valence-electron chi connectivity index (χ3n) is 14.3. The number of hydrogen-bond donors (Lipinski definition) is 4. The van der Waals surface area contributed by atoms with E-state index in [0.717, 1.165) is 105 Å². The van der Waals surface area contributed by atoms with Crippen molar-refractivity contribution in [3.8, 4) is 10.4 Å². The van der Waals surface area contributed by atoms with Gasteiger partial charge in [0.1, 0.15) is 23.5 Å². The van der Waals surface area contributed by atoms with Crippen molar-refractivity contribution in [2.75, 3.05) is 49.5 Å². The van der Waals surface area contributed by atoms with Crippen LogP contribution >= 0.6 is 11.3 Å². The molecular formula is C53H69N11O6S. The Bertz CT molecular complexity index is 2760. The Hall–Kier alpha value is -6.11. The highest BCUT2D eigenvalue weighted by Gasteiger charge is 2.44. The summed E-state index contributed by atoms with van der Waals surface area (Å²) in [6, 6.07) is 10.2. The molecule has 3 amide bonds. The van der Waals surface area contributed by atoms with Crippen LogP contribution in [0.2, 0.25) is 0 Å². The molecule has 0 bridgehead atoms. The van der Waals surface area contributed by atoms with E-state index in [1.165, 1.54) is 11.8 Å². The predicted octanol–water partition coefficient (Wildman–Crippen LogP) is 6.87. The summed E-state index contributed by atoms with van der Waals surface area (Å²) in [5.74, 6) is -0.206. The number of pyridine rings is 2. The molecule has 18 heteroatoms. The van der Waals surface area contributed by atoms with E-state index in [9.17, 15) is 29.1 Å². The number of aliphatic hydroxyl groups is 1. The van der Waals surface area contributed by atoms with Crippen LogP contribution in [0.1, 0.15) is 125 Å². The van der Waals surface area contributed by atoms with E-state index in [4.69, 9.17) is 4.98 Å². The van der Waals surface area contributed by atoms with Gasteiger partial charge in [-0.3, -0.25) is 33.4 Å². The van der Waals surface area contributed by atoms with Crippen LogP contribution in [-0.2, 0) is 20.9 Å². The van der Waals surface area contributed by atoms with Crippen LogP contribution in [0.25, 0.3) is 21.5 Å². The first-order valence-corrected chi connectivity index (χ1v) is 26.1. The number of aromatic nitrogens is 5. The minimum atomic E-state index is -0.856. The lowest BCUT2D eigenvalue weighted by Gasteiger charge is -2.36. The maximum atomic E-state index is 14.1.